The molecule has 0 saturated carbocycles. The Morgan fingerprint density at radius 1 is 0.917 bits per heavy atom. The first-order valence-electron chi connectivity index (χ1n) is 10.7. The molecule has 36 heavy (non-hydrogen) atoms. The molecule has 4 amide bonds. The number of ether oxygens (including phenoxy) is 1. The summed E-state index contributed by atoms with van der Waals surface area (Å²) in [5.41, 5.74) is 1.95. The fraction of sp³-hybridized carbons (Fsp3) is 0.125. The number of rotatable bonds is 8. The summed E-state index contributed by atoms with van der Waals surface area (Å²) in [4.78, 5) is 36.4. The summed E-state index contributed by atoms with van der Waals surface area (Å²) in [6.45, 7) is 1.82. The van der Waals surface area contributed by atoms with Gasteiger partial charge in [-0.05, 0) is 55.5 Å². The van der Waals surface area contributed by atoms with Gasteiger partial charge in [0, 0.05) is 5.69 Å². The smallest absolute Gasteiger partial charge is 0.338 e. The Bertz CT molecular complexity index is 1310. The van der Waals surface area contributed by atoms with Gasteiger partial charge in [0.25, 0.3) is 10.0 Å². The Labute approximate surface area is 214 Å². The third kappa shape index (κ3) is 7.48. The van der Waals surface area contributed by atoms with Crippen LogP contribution in [0.2, 0.25) is 0 Å². The van der Waals surface area contributed by atoms with Crippen LogP contribution >= 0.6 is 12.8 Å². The van der Waals surface area contributed by atoms with Gasteiger partial charge in [0.2, 0.25) is 0 Å². The van der Waals surface area contributed by atoms with E-state index >= 15 is 0 Å². The van der Waals surface area contributed by atoms with Crippen LogP contribution in [0, 0.1) is 6.92 Å². The lowest BCUT2D eigenvalue weighted by Crippen LogP contribution is -2.36. The Balaban J connectivity index is 1.44. The molecule has 0 radical (unpaired) electrons. The minimum Gasteiger partial charge on any atom is -0.460 e. The summed E-state index contributed by atoms with van der Waals surface area (Å²) in [5.74, 6) is -0.631. The Morgan fingerprint density at radius 3 is 2.19 bits per heavy atom. The average molecular weight is 529 g/mol. The molecule has 0 aliphatic rings. The topological polar surface area (TPSA) is 134 Å². The molecule has 188 valence electrons. The van der Waals surface area contributed by atoms with Gasteiger partial charge in [-0.3, -0.25) is 0 Å². The van der Waals surface area contributed by atoms with Crippen molar-refractivity contribution >= 4 is 52.2 Å². The molecule has 0 aliphatic heterocycles. The second-order valence-corrected chi connectivity index (χ2v) is 9.55. The summed E-state index contributed by atoms with van der Waals surface area (Å²) in [5, 5.41) is 4.97. The van der Waals surface area contributed by atoms with Crippen molar-refractivity contribution in [3.8, 4) is 0 Å². The summed E-state index contributed by atoms with van der Waals surface area (Å²) in [7, 11) is -4.03. The molecule has 0 unspecified atom stereocenters. The van der Waals surface area contributed by atoms with Crippen LogP contribution in [0.5, 0.6) is 0 Å². The molecule has 0 heterocycles. The highest BCUT2D eigenvalue weighted by Crippen LogP contribution is 2.15. The Kier molecular flexibility index (Phi) is 8.92. The van der Waals surface area contributed by atoms with Crippen LogP contribution in [0.25, 0.3) is 0 Å². The molecule has 0 bridgehead atoms. The first-order chi connectivity index (χ1) is 17.2. The van der Waals surface area contributed by atoms with E-state index in [0.717, 1.165) is 9.87 Å². The van der Waals surface area contributed by atoms with E-state index in [1.807, 2.05) is 17.7 Å². The number of urea groups is 2. The number of esters is 1. The SMILES string of the molecule is Cc1ccc(S(=O)(=O)NC(=O)Nc2ccc(C(=O)OCCNC(=O)N(S)c3ccccc3)cc2)cc1. The number of hydrogen-bond acceptors (Lipinski definition) is 7. The van der Waals surface area contributed by atoms with Crippen LogP contribution in [0.15, 0.2) is 83.8 Å². The van der Waals surface area contributed by atoms with E-state index < -0.39 is 28.1 Å². The lowest BCUT2D eigenvalue weighted by molar-refractivity contribution is 0.0510. The van der Waals surface area contributed by atoms with Gasteiger partial charge in [-0.1, -0.05) is 48.7 Å². The minimum absolute atomic E-state index is 0.0420. The molecule has 3 N–H and O–H groups in total. The van der Waals surface area contributed by atoms with Crippen molar-refractivity contribution in [1.82, 2.24) is 10.0 Å². The maximum absolute atomic E-state index is 12.3. The summed E-state index contributed by atoms with van der Waals surface area (Å²) in [6.07, 6.45) is 0. The molecule has 3 aromatic rings. The van der Waals surface area contributed by atoms with Gasteiger partial charge in [0.15, 0.2) is 0 Å². The summed E-state index contributed by atoms with van der Waals surface area (Å²) >= 11 is 4.14. The van der Waals surface area contributed by atoms with Gasteiger partial charge in [-0.15, -0.1) is 0 Å². The third-order valence-corrected chi connectivity index (χ3v) is 6.50. The highest BCUT2D eigenvalue weighted by molar-refractivity contribution is 7.90. The zero-order valence-corrected chi connectivity index (χ0v) is 20.9. The van der Waals surface area contributed by atoms with Crippen LogP contribution < -0.4 is 19.7 Å². The highest BCUT2D eigenvalue weighted by Gasteiger charge is 2.18. The van der Waals surface area contributed by atoms with Gasteiger partial charge in [-0.25, -0.2) is 31.8 Å². The molecule has 3 aromatic carbocycles. The normalized spacial score (nSPS) is 10.7. The van der Waals surface area contributed by atoms with Crippen molar-refractivity contribution < 1.29 is 27.5 Å². The van der Waals surface area contributed by atoms with Crippen molar-refractivity contribution in [1.29, 1.82) is 0 Å². The van der Waals surface area contributed by atoms with E-state index in [9.17, 15) is 22.8 Å². The molecule has 10 nitrogen and oxygen atoms in total. The number of hydrogen-bond donors (Lipinski definition) is 4. The summed E-state index contributed by atoms with van der Waals surface area (Å²) < 4.78 is 32.8. The summed E-state index contributed by atoms with van der Waals surface area (Å²) in [6, 6.07) is 19.1. The number of nitrogens with zero attached hydrogens (tertiary/aromatic N) is 1. The third-order valence-electron chi connectivity index (χ3n) is 4.74. The van der Waals surface area contributed by atoms with Crippen molar-refractivity contribution in [3.63, 3.8) is 0 Å². The maximum atomic E-state index is 12.3. The van der Waals surface area contributed by atoms with Gasteiger partial charge in [-0.2, -0.15) is 0 Å². The molecular weight excluding hydrogens is 504 g/mol. The Morgan fingerprint density at radius 2 is 1.56 bits per heavy atom. The lowest BCUT2D eigenvalue weighted by Gasteiger charge is -2.16. The molecule has 3 rings (SSSR count). The number of anilines is 2. The first-order valence-corrected chi connectivity index (χ1v) is 12.5. The van der Waals surface area contributed by atoms with E-state index in [0.29, 0.717) is 5.69 Å². The van der Waals surface area contributed by atoms with Gasteiger partial charge < -0.3 is 15.4 Å². The van der Waals surface area contributed by atoms with Gasteiger partial charge in [0.05, 0.1) is 22.7 Å². The van der Waals surface area contributed by atoms with E-state index in [4.69, 9.17) is 4.74 Å². The molecule has 12 heteroatoms. The number of thiol groups is 1. The molecule has 0 aliphatic carbocycles. The fourth-order valence-corrected chi connectivity index (χ4v) is 4.00. The fourth-order valence-electron chi connectivity index (χ4n) is 2.89. The van der Waals surface area contributed by atoms with Crippen LogP contribution in [-0.4, -0.2) is 39.6 Å². The number of carbonyl (C=O) groups is 3. The molecule has 0 aromatic heterocycles. The lowest BCUT2D eigenvalue weighted by atomic mass is 10.2. The standard InChI is InChI=1S/C24H24N4O6S2/c1-17-7-13-21(14-8-17)36(32,33)27-23(30)26-19-11-9-18(10-12-19)22(29)34-16-15-25-24(31)28(35)20-5-3-2-4-6-20/h2-14,35H,15-16H2,1H3,(H,25,31)(H2,26,27,30). The first kappa shape index (κ1) is 26.6. The number of amides is 4. The molecular formula is C24H24N4O6S2. The number of para-hydroxylation sites is 1. The van der Waals surface area contributed by atoms with Gasteiger partial charge >= 0.3 is 18.0 Å². The number of nitrogens with one attached hydrogen (secondary N) is 3. The number of aryl methyl sites for hydroxylation is 1. The van der Waals surface area contributed by atoms with Crippen molar-refractivity contribution in [2.24, 2.45) is 0 Å². The predicted molar refractivity (Wildman–Crippen MR) is 139 cm³/mol. The molecule has 0 saturated heterocycles. The van der Waals surface area contributed by atoms with Crippen molar-refractivity contribution in [3.05, 3.63) is 90.0 Å². The zero-order chi connectivity index (χ0) is 26.1. The second-order valence-electron chi connectivity index (χ2n) is 7.47. The van der Waals surface area contributed by atoms with E-state index in [-0.39, 0.29) is 29.3 Å². The van der Waals surface area contributed by atoms with E-state index in [1.54, 1.807) is 36.4 Å². The molecule has 0 fully saturated rings. The monoisotopic (exact) mass is 528 g/mol. The van der Waals surface area contributed by atoms with E-state index in [1.165, 1.54) is 36.4 Å². The van der Waals surface area contributed by atoms with Crippen molar-refractivity contribution in [2.45, 2.75) is 11.8 Å². The zero-order valence-electron chi connectivity index (χ0n) is 19.2. The van der Waals surface area contributed by atoms with Crippen LogP contribution in [0.4, 0.5) is 21.0 Å². The van der Waals surface area contributed by atoms with Gasteiger partial charge in [0.1, 0.15) is 6.61 Å². The quantitative estimate of drug-likeness (QED) is 0.200. The van der Waals surface area contributed by atoms with Crippen LogP contribution in [-0.2, 0) is 14.8 Å². The predicted octanol–water partition coefficient (Wildman–Crippen LogP) is 3.72. The second kappa shape index (κ2) is 12.1. The maximum Gasteiger partial charge on any atom is 0.338 e. The molecule has 0 spiro atoms. The highest BCUT2D eigenvalue weighted by atomic mass is 32.2. The number of sulfonamides is 1. The van der Waals surface area contributed by atoms with Crippen molar-refractivity contribution in [2.75, 3.05) is 22.8 Å². The minimum atomic E-state index is -4.03. The number of carbonyl (C=O) groups excluding carboxylic acids is 3. The number of benzene rings is 3. The van der Waals surface area contributed by atoms with Crippen LogP contribution in [0.3, 0.4) is 0 Å². The largest absolute Gasteiger partial charge is 0.460 e. The Hall–Kier alpha value is -4.03. The van der Waals surface area contributed by atoms with E-state index in [2.05, 4.69) is 23.4 Å². The average Bonchev–Trinajstić information content (AvgIpc) is 2.86. The molecule has 0 atom stereocenters. The van der Waals surface area contributed by atoms with Crippen LogP contribution in [0.1, 0.15) is 15.9 Å².